The van der Waals surface area contributed by atoms with Crippen molar-refractivity contribution in [3.05, 3.63) is 64.4 Å². The van der Waals surface area contributed by atoms with Crippen molar-refractivity contribution < 1.29 is 31.9 Å². The van der Waals surface area contributed by atoms with Crippen molar-refractivity contribution in [3.63, 3.8) is 0 Å². The predicted octanol–water partition coefficient (Wildman–Crippen LogP) is 5.99. The number of hydrogen-bond acceptors (Lipinski definition) is 3. The van der Waals surface area contributed by atoms with Crippen LogP contribution in [-0.2, 0) is 19.7 Å². The Balaban J connectivity index is 1.91. The average molecular weight is 472 g/mol. The van der Waals surface area contributed by atoms with Crippen LogP contribution < -0.4 is 5.32 Å². The predicted molar refractivity (Wildman–Crippen MR) is 112 cm³/mol. The smallest absolute Gasteiger partial charge is 0.392 e. The zero-order valence-corrected chi connectivity index (χ0v) is 18.2. The molecule has 32 heavy (non-hydrogen) atoms. The second-order valence-corrected chi connectivity index (χ2v) is 8.51. The Bertz CT molecular complexity index is 1000. The van der Waals surface area contributed by atoms with Crippen LogP contribution >= 0.6 is 11.6 Å². The number of carbonyl (C=O) groups excluding carboxylic acids is 2. The number of amides is 1. The molecule has 1 aliphatic carbocycles. The molecule has 9 heteroatoms. The molecule has 1 saturated carbocycles. The number of methoxy groups -OCH3 is 1. The Morgan fingerprint density at radius 3 is 2.31 bits per heavy atom. The van der Waals surface area contributed by atoms with Gasteiger partial charge in [-0.15, -0.1) is 0 Å². The normalized spacial score (nSPS) is 16.7. The molecule has 1 N–H and O–H groups in total. The van der Waals surface area contributed by atoms with Crippen molar-refractivity contribution in [2.75, 3.05) is 12.4 Å². The van der Waals surface area contributed by atoms with Gasteiger partial charge in [0.15, 0.2) is 0 Å². The quantitative estimate of drug-likeness (QED) is 0.398. The summed E-state index contributed by atoms with van der Waals surface area (Å²) in [4.78, 5) is 24.7. The molecule has 0 aliphatic heterocycles. The van der Waals surface area contributed by atoms with Crippen LogP contribution in [0.4, 0.5) is 23.2 Å². The van der Waals surface area contributed by atoms with E-state index in [1.807, 2.05) is 0 Å². The number of carbonyl (C=O) groups is 2. The third-order valence-corrected chi connectivity index (χ3v) is 6.18. The van der Waals surface area contributed by atoms with Crippen LogP contribution in [0.3, 0.4) is 0 Å². The summed E-state index contributed by atoms with van der Waals surface area (Å²) < 4.78 is 59.7. The third kappa shape index (κ3) is 5.23. The number of nitrogens with one attached hydrogen (secondary N) is 1. The number of halogens is 5. The van der Waals surface area contributed by atoms with Gasteiger partial charge in [0.05, 0.1) is 31.1 Å². The summed E-state index contributed by atoms with van der Waals surface area (Å²) in [5.74, 6) is -5.83. The number of esters is 1. The molecule has 1 amide bonds. The van der Waals surface area contributed by atoms with Crippen LogP contribution in [0.1, 0.15) is 43.2 Å². The van der Waals surface area contributed by atoms with Crippen molar-refractivity contribution in [2.45, 2.75) is 43.7 Å². The molecule has 0 aromatic heterocycles. The lowest BCUT2D eigenvalue weighted by Gasteiger charge is -2.26. The molecule has 1 aliphatic rings. The van der Waals surface area contributed by atoms with E-state index in [4.69, 9.17) is 16.3 Å². The van der Waals surface area contributed by atoms with Gasteiger partial charge in [0.1, 0.15) is 5.82 Å². The molecule has 0 spiro atoms. The number of ether oxygens (including phenoxy) is 1. The first-order valence-electron chi connectivity index (χ1n) is 9.97. The highest BCUT2D eigenvalue weighted by Gasteiger charge is 2.47. The summed E-state index contributed by atoms with van der Waals surface area (Å²) in [7, 11) is 1.27. The fourth-order valence-electron chi connectivity index (χ4n) is 3.75. The van der Waals surface area contributed by atoms with E-state index in [1.54, 1.807) is 0 Å². The lowest BCUT2D eigenvalue weighted by molar-refractivity contribution is -0.178. The first-order valence-corrected chi connectivity index (χ1v) is 10.3. The van der Waals surface area contributed by atoms with Gasteiger partial charge in [-0.2, -0.15) is 13.2 Å². The van der Waals surface area contributed by atoms with Crippen molar-refractivity contribution in [3.8, 4) is 0 Å². The molecule has 2 aromatic rings. The minimum atomic E-state index is -4.65. The standard InChI is InChI=1S/C23H22ClF4NO3/c1-13(23(26,27)28)20(14-3-6-16(24)7-4-14)21(31)29-18-11-15(5-8-17(18)25)22(9-10-22)12-19(30)32-2/h3-8,11,13,20H,9-10,12H2,1-2H3,(H,29,31). The Kier molecular flexibility index (Phi) is 6.83. The molecular formula is C23H22ClF4NO3. The van der Waals surface area contributed by atoms with Crippen LogP contribution in [0.2, 0.25) is 5.02 Å². The third-order valence-electron chi connectivity index (χ3n) is 5.93. The van der Waals surface area contributed by atoms with Crippen molar-refractivity contribution in [1.82, 2.24) is 0 Å². The van der Waals surface area contributed by atoms with E-state index in [0.29, 0.717) is 23.4 Å². The van der Waals surface area contributed by atoms with E-state index in [9.17, 15) is 27.2 Å². The minimum absolute atomic E-state index is 0.0982. The monoisotopic (exact) mass is 471 g/mol. The molecular weight excluding hydrogens is 450 g/mol. The minimum Gasteiger partial charge on any atom is -0.469 e. The Morgan fingerprint density at radius 1 is 1.16 bits per heavy atom. The van der Waals surface area contributed by atoms with E-state index >= 15 is 0 Å². The van der Waals surface area contributed by atoms with Crippen LogP contribution in [0, 0.1) is 11.7 Å². The zero-order chi connectivity index (χ0) is 23.7. The van der Waals surface area contributed by atoms with Gasteiger partial charge in [-0.3, -0.25) is 9.59 Å². The number of anilines is 1. The first-order chi connectivity index (χ1) is 15.0. The maximum absolute atomic E-state index is 14.5. The molecule has 0 heterocycles. The molecule has 3 rings (SSSR count). The van der Waals surface area contributed by atoms with Gasteiger partial charge in [0.25, 0.3) is 0 Å². The Morgan fingerprint density at radius 2 is 1.78 bits per heavy atom. The maximum atomic E-state index is 14.5. The van der Waals surface area contributed by atoms with Gasteiger partial charge < -0.3 is 10.1 Å². The van der Waals surface area contributed by atoms with E-state index < -0.39 is 41.1 Å². The highest BCUT2D eigenvalue weighted by Crippen LogP contribution is 2.52. The van der Waals surface area contributed by atoms with Crippen LogP contribution in [0.15, 0.2) is 42.5 Å². The topological polar surface area (TPSA) is 55.4 Å². The lowest BCUT2D eigenvalue weighted by atomic mass is 9.85. The molecule has 0 saturated heterocycles. The molecule has 0 radical (unpaired) electrons. The van der Waals surface area contributed by atoms with Crippen LogP contribution in [0.25, 0.3) is 0 Å². The van der Waals surface area contributed by atoms with Crippen LogP contribution in [-0.4, -0.2) is 25.2 Å². The molecule has 0 bridgehead atoms. The molecule has 4 nitrogen and oxygen atoms in total. The van der Waals surface area contributed by atoms with Crippen molar-refractivity contribution >= 4 is 29.2 Å². The Hall–Kier alpha value is -2.61. The van der Waals surface area contributed by atoms with Gasteiger partial charge in [0.2, 0.25) is 5.91 Å². The van der Waals surface area contributed by atoms with Gasteiger partial charge in [-0.05, 0) is 48.2 Å². The number of hydrogen-bond donors (Lipinski definition) is 1. The van der Waals surface area contributed by atoms with Crippen molar-refractivity contribution in [2.24, 2.45) is 5.92 Å². The van der Waals surface area contributed by atoms with Crippen molar-refractivity contribution in [1.29, 1.82) is 0 Å². The summed E-state index contributed by atoms with van der Waals surface area (Å²) in [6, 6.07) is 9.49. The summed E-state index contributed by atoms with van der Waals surface area (Å²) in [6.07, 6.45) is -3.19. The second kappa shape index (κ2) is 9.10. The molecule has 1 fully saturated rings. The van der Waals surface area contributed by atoms with Crippen LogP contribution in [0.5, 0.6) is 0 Å². The van der Waals surface area contributed by atoms with E-state index in [1.165, 1.54) is 43.5 Å². The summed E-state index contributed by atoms with van der Waals surface area (Å²) in [5, 5.41) is 2.63. The first kappa shape index (κ1) is 24.0. The van der Waals surface area contributed by atoms with Gasteiger partial charge in [-0.25, -0.2) is 4.39 Å². The lowest BCUT2D eigenvalue weighted by Crippen LogP contribution is -2.34. The molecule has 2 unspecified atom stereocenters. The average Bonchev–Trinajstić information content (AvgIpc) is 3.50. The zero-order valence-electron chi connectivity index (χ0n) is 17.4. The second-order valence-electron chi connectivity index (χ2n) is 8.08. The fraction of sp³-hybridized carbons (Fsp3) is 0.391. The summed E-state index contributed by atoms with van der Waals surface area (Å²) >= 11 is 5.82. The maximum Gasteiger partial charge on any atom is 0.392 e. The summed E-state index contributed by atoms with van der Waals surface area (Å²) in [5.41, 5.74) is -0.0316. The number of alkyl halides is 3. The molecule has 2 atom stereocenters. The van der Waals surface area contributed by atoms with Gasteiger partial charge in [0, 0.05) is 10.4 Å². The SMILES string of the molecule is COC(=O)CC1(c2ccc(F)c(NC(=O)C(c3ccc(Cl)cc3)C(C)C(F)(F)F)c2)CC1. The van der Waals surface area contributed by atoms with Gasteiger partial charge in [-0.1, -0.05) is 36.7 Å². The van der Waals surface area contributed by atoms with E-state index in [-0.39, 0.29) is 17.7 Å². The fourth-order valence-corrected chi connectivity index (χ4v) is 3.88. The van der Waals surface area contributed by atoms with Gasteiger partial charge >= 0.3 is 12.1 Å². The highest BCUT2D eigenvalue weighted by atomic mass is 35.5. The summed E-state index contributed by atoms with van der Waals surface area (Å²) in [6.45, 7) is 0.904. The van der Waals surface area contributed by atoms with E-state index in [2.05, 4.69) is 5.32 Å². The molecule has 2 aromatic carbocycles. The number of benzene rings is 2. The number of rotatable bonds is 7. The molecule has 172 valence electrons. The Labute approximate surface area is 187 Å². The highest BCUT2D eigenvalue weighted by molar-refractivity contribution is 6.30. The largest absolute Gasteiger partial charge is 0.469 e. The van der Waals surface area contributed by atoms with E-state index in [0.717, 1.165) is 13.0 Å².